The van der Waals surface area contributed by atoms with Gasteiger partial charge < -0.3 is 9.84 Å². The van der Waals surface area contributed by atoms with E-state index in [1.54, 1.807) is 13.0 Å². The van der Waals surface area contributed by atoms with Crippen LogP contribution in [0, 0.1) is 11.3 Å². The first-order chi connectivity index (χ1) is 6.68. The second-order valence-corrected chi connectivity index (χ2v) is 3.62. The smallest absolute Gasteiger partial charge is 0.172 e. The second kappa shape index (κ2) is 3.09. The number of ether oxygens (including phenoxy) is 1. The number of aliphatic hydroxyl groups is 1. The average molecular weight is 189 g/mol. The molecule has 1 aliphatic rings. The number of epoxide rings is 1. The molecule has 1 saturated heterocycles. The molecule has 1 aliphatic heterocycles. The van der Waals surface area contributed by atoms with E-state index in [0.717, 1.165) is 5.56 Å². The Balaban J connectivity index is 2.17. The summed E-state index contributed by atoms with van der Waals surface area (Å²) in [7, 11) is 0. The summed E-state index contributed by atoms with van der Waals surface area (Å²) in [5.74, 6) is 0. The van der Waals surface area contributed by atoms with E-state index >= 15 is 0 Å². The van der Waals surface area contributed by atoms with Crippen LogP contribution in [-0.4, -0.2) is 16.8 Å². The summed E-state index contributed by atoms with van der Waals surface area (Å²) in [4.78, 5) is 0. The molecular weight excluding hydrogens is 178 g/mol. The fourth-order valence-electron chi connectivity index (χ4n) is 1.58. The monoisotopic (exact) mass is 189 g/mol. The van der Waals surface area contributed by atoms with Crippen molar-refractivity contribution in [1.82, 2.24) is 0 Å². The van der Waals surface area contributed by atoms with Gasteiger partial charge in [-0.05, 0) is 12.5 Å². The highest BCUT2D eigenvalue weighted by Gasteiger charge is 2.58. The molecule has 3 heteroatoms. The number of nitriles is 1. The molecule has 72 valence electrons. The first-order valence-electron chi connectivity index (χ1n) is 4.49. The average Bonchev–Trinajstić information content (AvgIpc) is 2.92. The van der Waals surface area contributed by atoms with Crippen molar-refractivity contribution in [3.8, 4) is 6.07 Å². The van der Waals surface area contributed by atoms with E-state index in [1.807, 2.05) is 30.3 Å². The van der Waals surface area contributed by atoms with Gasteiger partial charge in [-0.1, -0.05) is 30.3 Å². The molecule has 3 nitrogen and oxygen atoms in total. The lowest BCUT2D eigenvalue weighted by atomic mass is 9.96. The zero-order valence-corrected chi connectivity index (χ0v) is 7.84. The number of hydrogen-bond donors (Lipinski definition) is 1. The highest BCUT2D eigenvalue weighted by atomic mass is 16.6. The third-order valence-electron chi connectivity index (χ3n) is 2.60. The lowest BCUT2D eigenvalue weighted by molar-refractivity contribution is 0.129. The second-order valence-electron chi connectivity index (χ2n) is 3.62. The van der Waals surface area contributed by atoms with Gasteiger partial charge in [-0.15, -0.1) is 0 Å². The first kappa shape index (κ1) is 9.20. The molecule has 0 unspecified atom stereocenters. The summed E-state index contributed by atoms with van der Waals surface area (Å²) >= 11 is 0. The number of hydrogen-bond acceptors (Lipinski definition) is 3. The topological polar surface area (TPSA) is 56.5 Å². The minimum atomic E-state index is -1.06. The molecule has 1 aromatic rings. The van der Waals surface area contributed by atoms with Gasteiger partial charge in [0.05, 0.1) is 6.07 Å². The Labute approximate surface area is 82.6 Å². The molecule has 0 radical (unpaired) electrons. The minimum absolute atomic E-state index is 0.154. The van der Waals surface area contributed by atoms with E-state index in [0.29, 0.717) is 0 Å². The maximum absolute atomic E-state index is 9.40. The molecule has 2 rings (SSSR count). The molecule has 0 aromatic heterocycles. The molecule has 0 aliphatic carbocycles. The molecule has 1 fully saturated rings. The third kappa shape index (κ3) is 1.29. The zero-order valence-electron chi connectivity index (χ0n) is 7.84. The largest absolute Gasteiger partial charge is 0.375 e. The maximum Gasteiger partial charge on any atom is 0.172 e. The standard InChI is InChI=1S/C11H11NO2/c1-11(9(13)7-12)10(14-11)8-5-3-2-4-6-8/h2-6,9-10,13H,1H3/t9-,10-,11-/m1/s1. The van der Waals surface area contributed by atoms with E-state index in [9.17, 15) is 5.11 Å². The van der Waals surface area contributed by atoms with Crippen molar-refractivity contribution >= 4 is 0 Å². The van der Waals surface area contributed by atoms with Crippen LogP contribution in [0.15, 0.2) is 30.3 Å². The van der Waals surface area contributed by atoms with Gasteiger partial charge in [0.25, 0.3) is 0 Å². The minimum Gasteiger partial charge on any atom is -0.375 e. The van der Waals surface area contributed by atoms with Gasteiger partial charge >= 0.3 is 0 Å². The van der Waals surface area contributed by atoms with E-state index in [-0.39, 0.29) is 6.10 Å². The normalized spacial score (nSPS) is 31.9. The van der Waals surface area contributed by atoms with Gasteiger partial charge in [0.1, 0.15) is 11.7 Å². The van der Waals surface area contributed by atoms with E-state index in [4.69, 9.17) is 10.00 Å². The van der Waals surface area contributed by atoms with Crippen LogP contribution < -0.4 is 0 Å². The van der Waals surface area contributed by atoms with Crippen LogP contribution in [0.2, 0.25) is 0 Å². The van der Waals surface area contributed by atoms with Gasteiger partial charge in [0.2, 0.25) is 0 Å². The molecule has 0 amide bonds. The van der Waals surface area contributed by atoms with Crippen molar-refractivity contribution < 1.29 is 9.84 Å². The van der Waals surface area contributed by atoms with Crippen molar-refractivity contribution in [1.29, 1.82) is 5.26 Å². The Hall–Kier alpha value is -1.37. The maximum atomic E-state index is 9.40. The summed E-state index contributed by atoms with van der Waals surface area (Å²) in [6.07, 6.45) is -1.22. The van der Waals surface area contributed by atoms with Crippen molar-refractivity contribution in [2.75, 3.05) is 0 Å². The quantitative estimate of drug-likeness (QED) is 0.565. The van der Waals surface area contributed by atoms with Gasteiger partial charge in [0, 0.05) is 0 Å². The van der Waals surface area contributed by atoms with Crippen LogP contribution in [0.25, 0.3) is 0 Å². The lowest BCUT2D eigenvalue weighted by Crippen LogP contribution is -2.25. The Morgan fingerprint density at radius 3 is 2.71 bits per heavy atom. The summed E-state index contributed by atoms with van der Waals surface area (Å²) in [5.41, 5.74) is 0.278. The molecule has 0 saturated carbocycles. The van der Waals surface area contributed by atoms with Crippen LogP contribution in [0.1, 0.15) is 18.6 Å². The van der Waals surface area contributed by atoms with E-state index in [2.05, 4.69) is 0 Å². The first-order valence-corrected chi connectivity index (χ1v) is 4.49. The van der Waals surface area contributed by atoms with E-state index in [1.165, 1.54) is 0 Å². The number of nitrogens with zero attached hydrogens (tertiary/aromatic N) is 1. The molecule has 1 N–H and O–H groups in total. The van der Waals surface area contributed by atoms with Gasteiger partial charge in [-0.25, -0.2) is 0 Å². The van der Waals surface area contributed by atoms with Crippen molar-refractivity contribution in [3.63, 3.8) is 0 Å². The summed E-state index contributed by atoms with van der Waals surface area (Å²) in [6.45, 7) is 1.75. The molecule has 14 heavy (non-hydrogen) atoms. The fraction of sp³-hybridized carbons (Fsp3) is 0.364. The van der Waals surface area contributed by atoms with Crippen LogP contribution in [0.3, 0.4) is 0 Å². The Kier molecular flexibility index (Phi) is 2.03. The zero-order chi connectivity index (χ0) is 10.2. The van der Waals surface area contributed by atoms with Crippen LogP contribution in [-0.2, 0) is 4.74 Å². The predicted molar refractivity (Wildman–Crippen MR) is 50.3 cm³/mol. The summed E-state index contributed by atoms with van der Waals surface area (Å²) in [5, 5.41) is 18.0. The lowest BCUT2D eigenvalue weighted by Gasteiger charge is -2.06. The summed E-state index contributed by atoms with van der Waals surface area (Å²) in [6, 6.07) is 11.4. The third-order valence-corrected chi connectivity index (χ3v) is 2.60. The van der Waals surface area contributed by atoms with Crippen LogP contribution in [0.4, 0.5) is 0 Å². The van der Waals surface area contributed by atoms with Crippen molar-refractivity contribution in [3.05, 3.63) is 35.9 Å². The number of aliphatic hydroxyl groups excluding tert-OH is 1. The highest BCUT2D eigenvalue weighted by molar-refractivity contribution is 5.28. The highest BCUT2D eigenvalue weighted by Crippen LogP contribution is 2.51. The number of rotatable bonds is 2. The molecule has 1 heterocycles. The molecular formula is C11H11NO2. The van der Waals surface area contributed by atoms with Crippen molar-refractivity contribution in [2.45, 2.75) is 24.7 Å². The van der Waals surface area contributed by atoms with Crippen molar-refractivity contribution in [2.24, 2.45) is 0 Å². The summed E-state index contributed by atoms with van der Waals surface area (Å²) < 4.78 is 5.37. The van der Waals surface area contributed by atoms with Gasteiger partial charge in [-0.3, -0.25) is 0 Å². The Morgan fingerprint density at radius 1 is 1.50 bits per heavy atom. The van der Waals surface area contributed by atoms with Crippen LogP contribution in [0.5, 0.6) is 0 Å². The van der Waals surface area contributed by atoms with Crippen LogP contribution >= 0.6 is 0 Å². The molecule has 3 atom stereocenters. The SMILES string of the molecule is C[C@]1([C@H](O)C#N)O[C@@H]1c1ccccc1. The Morgan fingerprint density at radius 2 is 2.14 bits per heavy atom. The van der Waals surface area contributed by atoms with Gasteiger partial charge in [-0.2, -0.15) is 5.26 Å². The number of benzene rings is 1. The molecule has 0 bridgehead atoms. The predicted octanol–water partition coefficient (Wildman–Crippen LogP) is 1.40. The Bertz CT molecular complexity index is 371. The van der Waals surface area contributed by atoms with Gasteiger partial charge in [0.15, 0.2) is 6.10 Å². The van der Waals surface area contributed by atoms with E-state index < -0.39 is 11.7 Å². The molecule has 1 aromatic carbocycles. The fourth-order valence-corrected chi connectivity index (χ4v) is 1.58. The molecule has 0 spiro atoms.